The summed E-state index contributed by atoms with van der Waals surface area (Å²) < 4.78 is 51.7. The molecular formula is C16H21F4N. The minimum atomic E-state index is -4.63. The molecule has 1 fully saturated rings. The summed E-state index contributed by atoms with van der Waals surface area (Å²) in [6.45, 7) is 2.95. The number of hydrogen-bond acceptors (Lipinski definition) is 1. The Balaban J connectivity index is 2.28. The first-order valence-corrected chi connectivity index (χ1v) is 7.34. The van der Waals surface area contributed by atoms with Crippen LogP contribution in [0.4, 0.5) is 17.6 Å². The quantitative estimate of drug-likeness (QED) is 0.806. The van der Waals surface area contributed by atoms with Crippen molar-refractivity contribution in [2.45, 2.75) is 38.3 Å². The first-order valence-electron chi connectivity index (χ1n) is 7.34. The van der Waals surface area contributed by atoms with Crippen molar-refractivity contribution in [2.75, 3.05) is 13.6 Å². The van der Waals surface area contributed by atoms with Crippen molar-refractivity contribution in [3.05, 3.63) is 35.1 Å². The van der Waals surface area contributed by atoms with Crippen LogP contribution in [0.1, 0.15) is 43.2 Å². The molecule has 0 aliphatic heterocycles. The fourth-order valence-electron chi connectivity index (χ4n) is 3.35. The van der Waals surface area contributed by atoms with Crippen molar-refractivity contribution in [2.24, 2.45) is 11.8 Å². The highest BCUT2D eigenvalue weighted by molar-refractivity contribution is 5.29. The Morgan fingerprint density at radius 3 is 2.52 bits per heavy atom. The molecule has 5 heteroatoms. The third kappa shape index (κ3) is 3.76. The molecule has 1 N–H and O–H groups in total. The molecule has 1 aromatic rings. The zero-order chi connectivity index (χ0) is 15.6. The molecule has 1 aromatic carbocycles. The standard InChI is InChI=1S/C16H21F4N/c1-10-3-4-12(9-21-2)13(7-10)11-5-6-14(15(17)8-11)16(18,19)20/h5-6,8,10,12-13,21H,3-4,7,9H2,1-2H3. The SMILES string of the molecule is CNCC1CCC(C)CC1c1ccc(C(F)(F)F)c(F)c1. The van der Waals surface area contributed by atoms with Crippen molar-refractivity contribution < 1.29 is 17.6 Å². The molecule has 1 aliphatic carbocycles. The molecule has 21 heavy (non-hydrogen) atoms. The normalized spacial score (nSPS) is 26.9. The predicted octanol–water partition coefficient (Wildman–Crippen LogP) is 4.58. The molecule has 0 amide bonds. The average Bonchev–Trinajstić information content (AvgIpc) is 2.39. The Kier molecular flexibility index (Phi) is 4.91. The van der Waals surface area contributed by atoms with Gasteiger partial charge in [-0.05, 0) is 61.9 Å². The summed E-state index contributed by atoms with van der Waals surface area (Å²) in [5.74, 6) is -0.171. The van der Waals surface area contributed by atoms with E-state index in [4.69, 9.17) is 0 Å². The van der Waals surface area contributed by atoms with Crippen LogP contribution >= 0.6 is 0 Å². The van der Waals surface area contributed by atoms with Gasteiger partial charge >= 0.3 is 6.18 Å². The summed E-state index contributed by atoms with van der Waals surface area (Å²) in [4.78, 5) is 0. The maximum absolute atomic E-state index is 13.8. The summed E-state index contributed by atoms with van der Waals surface area (Å²) in [7, 11) is 1.86. The average molecular weight is 303 g/mol. The second kappa shape index (κ2) is 6.34. The molecule has 1 aliphatic rings. The number of rotatable bonds is 3. The van der Waals surface area contributed by atoms with Gasteiger partial charge in [0.15, 0.2) is 0 Å². The van der Waals surface area contributed by atoms with E-state index in [9.17, 15) is 17.6 Å². The Labute approximate surface area is 122 Å². The van der Waals surface area contributed by atoms with Crippen LogP contribution in [-0.2, 0) is 6.18 Å². The molecule has 1 saturated carbocycles. The van der Waals surface area contributed by atoms with Gasteiger partial charge in [-0.1, -0.05) is 19.4 Å². The minimum Gasteiger partial charge on any atom is -0.319 e. The van der Waals surface area contributed by atoms with Gasteiger partial charge in [-0.15, -0.1) is 0 Å². The van der Waals surface area contributed by atoms with Crippen LogP contribution in [0.15, 0.2) is 18.2 Å². The molecule has 3 atom stereocenters. The Bertz CT molecular complexity index is 484. The smallest absolute Gasteiger partial charge is 0.319 e. The van der Waals surface area contributed by atoms with Crippen LogP contribution in [-0.4, -0.2) is 13.6 Å². The molecule has 2 rings (SSSR count). The number of nitrogens with one attached hydrogen (secondary N) is 1. The summed E-state index contributed by atoms with van der Waals surface area (Å²) in [5.41, 5.74) is -0.493. The van der Waals surface area contributed by atoms with Gasteiger partial charge in [-0.3, -0.25) is 0 Å². The second-order valence-electron chi connectivity index (χ2n) is 6.08. The van der Waals surface area contributed by atoms with E-state index >= 15 is 0 Å². The Morgan fingerprint density at radius 1 is 1.24 bits per heavy atom. The molecule has 0 heterocycles. The Hall–Kier alpha value is -1.10. The lowest BCUT2D eigenvalue weighted by molar-refractivity contribution is -0.140. The second-order valence-corrected chi connectivity index (χ2v) is 6.08. The van der Waals surface area contributed by atoms with Crippen molar-refractivity contribution in [3.63, 3.8) is 0 Å². The fraction of sp³-hybridized carbons (Fsp3) is 0.625. The molecular weight excluding hydrogens is 282 g/mol. The van der Waals surface area contributed by atoms with Gasteiger partial charge in [0.1, 0.15) is 5.82 Å². The topological polar surface area (TPSA) is 12.0 Å². The van der Waals surface area contributed by atoms with Crippen molar-refractivity contribution in [1.82, 2.24) is 5.32 Å². The lowest BCUT2D eigenvalue weighted by atomic mass is 9.71. The van der Waals surface area contributed by atoms with E-state index in [1.165, 1.54) is 6.07 Å². The van der Waals surface area contributed by atoms with Crippen LogP contribution in [0.25, 0.3) is 0 Å². The van der Waals surface area contributed by atoms with Crippen LogP contribution in [0.3, 0.4) is 0 Å². The molecule has 0 radical (unpaired) electrons. The first-order chi connectivity index (χ1) is 9.82. The van der Waals surface area contributed by atoms with E-state index in [2.05, 4.69) is 12.2 Å². The van der Waals surface area contributed by atoms with Crippen LogP contribution in [0.2, 0.25) is 0 Å². The minimum absolute atomic E-state index is 0.123. The van der Waals surface area contributed by atoms with Gasteiger partial charge in [0.25, 0.3) is 0 Å². The lowest BCUT2D eigenvalue weighted by Crippen LogP contribution is -2.30. The van der Waals surface area contributed by atoms with Gasteiger partial charge in [0.05, 0.1) is 5.56 Å². The number of benzene rings is 1. The summed E-state index contributed by atoms with van der Waals surface area (Å²) in [6.07, 6.45) is -1.59. The van der Waals surface area contributed by atoms with E-state index in [0.29, 0.717) is 17.4 Å². The zero-order valence-corrected chi connectivity index (χ0v) is 12.3. The molecule has 0 saturated heterocycles. The van der Waals surface area contributed by atoms with Crippen LogP contribution in [0, 0.1) is 17.7 Å². The third-order valence-corrected chi connectivity index (χ3v) is 4.45. The van der Waals surface area contributed by atoms with Crippen molar-refractivity contribution in [3.8, 4) is 0 Å². The molecule has 118 valence electrons. The van der Waals surface area contributed by atoms with Gasteiger partial charge in [-0.2, -0.15) is 13.2 Å². The van der Waals surface area contributed by atoms with E-state index in [0.717, 1.165) is 37.9 Å². The van der Waals surface area contributed by atoms with Crippen LogP contribution in [0.5, 0.6) is 0 Å². The highest BCUT2D eigenvalue weighted by Gasteiger charge is 2.35. The van der Waals surface area contributed by atoms with E-state index in [-0.39, 0.29) is 5.92 Å². The molecule has 0 bridgehead atoms. The molecule has 3 unspecified atom stereocenters. The molecule has 0 aromatic heterocycles. The number of alkyl halides is 3. The number of halogens is 4. The maximum Gasteiger partial charge on any atom is 0.419 e. The predicted molar refractivity (Wildman–Crippen MR) is 74.6 cm³/mol. The Morgan fingerprint density at radius 2 is 1.95 bits per heavy atom. The summed E-state index contributed by atoms with van der Waals surface area (Å²) in [6, 6.07) is 3.39. The third-order valence-electron chi connectivity index (χ3n) is 4.45. The van der Waals surface area contributed by atoms with Gasteiger partial charge < -0.3 is 5.32 Å². The fourth-order valence-corrected chi connectivity index (χ4v) is 3.35. The van der Waals surface area contributed by atoms with Crippen molar-refractivity contribution >= 4 is 0 Å². The largest absolute Gasteiger partial charge is 0.419 e. The van der Waals surface area contributed by atoms with Gasteiger partial charge in [0, 0.05) is 0 Å². The molecule has 1 nitrogen and oxygen atoms in total. The van der Waals surface area contributed by atoms with Gasteiger partial charge in [-0.25, -0.2) is 4.39 Å². The zero-order valence-electron chi connectivity index (χ0n) is 12.3. The summed E-state index contributed by atoms with van der Waals surface area (Å²) >= 11 is 0. The molecule has 0 spiro atoms. The number of hydrogen-bond donors (Lipinski definition) is 1. The van der Waals surface area contributed by atoms with Crippen molar-refractivity contribution in [1.29, 1.82) is 0 Å². The summed E-state index contributed by atoms with van der Waals surface area (Å²) in [5, 5.41) is 3.13. The van der Waals surface area contributed by atoms with E-state index in [1.54, 1.807) is 0 Å². The highest BCUT2D eigenvalue weighted by atomic mass is 19.4. The maximum atomic E-state index is 13.8. The van der Waals surface area contributed by atoms with Crippen LogP contribution < -0.4 is 5.32 Å². The van der Waals surface area contributed by atoms with E-state index < -0.39 is 17.6 Å². The van der Waals surface area contributed by atoms with E-state index in [1.807, 2.05) is 7.05 Å². The highest BCUT2D eigenvalue weighted by Crippen LogP contribution is 2.41. The van der Waals surface area contributed by atoms with Gasteiger partial charge in [0.2, 0.25) is 0 Å². The lowest BCUT2D eigenvalue weighted by Gasteiger charge is -2.35. The monoisotopic (exact) mass is 303 g/mol. The first kappa shape index (κ1) is 16.3.